The molecule has 0 radical (unpaired) electrons. The third-order valence-electron chi connectivity index (χ3n) is 3.47. The average molecular weight is 330 g/mol. The largest absolute Gasteiger partial charge is 0.488 e. The van der Waals surface area contributed by atoms with Crippen LogP contribution < -0.4 is 4.74 Å². The monoisotopic (exact) mass is 330 g/mol. The van der Waals surface area contributed by atoms with Gasteiger partial charge in [0.2, 0.25) is 0 Å². The van der Waals surface area contributed by atoms with Crippen molar-refractivity contribution in [2.45, 2.75) is 0 Å². The van der Waals surface area contributed by atoms with E-state index in [1.165, 1.54) is 0 Å². The lowest BCUT2D eigenvalue weighted by molar-refractivity contribution is -0.138. The fourth-order valence-electron chi connectivity index (χ4n) is 2.21. The van der Waals surface area contributed by atoms with Gasteiger partial charge in [0.1, 0.15) is 12.4 Å². The van der Waals surface area contributed by atoms with Gasteiger partial charge in [-0.25, -0.2) is 13.6 Å². The smallest absolute Gasteiger partial charge is 0.337 e. The molecule has 1 aliphatic rings. The van der Waals surface area contributed by atoms with Gasteiger partial charge in [-0.1, -0.05) is 18.2 Å². The van der Waals surface area contributed by atoms with Crippen molar-refractivity contribution in [1.29, 1.82) is 0 Å². The molecule has 3 rings (SSSR count). The Labute approximate surface area is 136 Å². The van der Waals surface area contributed by atoms with Crippen LogP contribution in [0.3, 0.4) is 0 Å². The van der Waals surface area contributed by atoms with E-state index in [0.717, 1.165) is 23.8 Å². The van der Waals surface area contributed by atoms with Crippen LogP contribution in [0.2, 0.25) is 0 Å². The predicted octanol–water partition coefficient (Wildman–Crippen LogP) is 3.17. The maximum absolute atomic E-state index is 13.1. The zero-order valence-corrected chi connectivity index (χ0v) is 12.4. The van der Waals surface area contributed by atoms with E-state index in [1.54, 1.807) is 24.3 Å². The molecule has 0 atom stereocenters. The van der Waals surface area contributed by atoms with Crippen LogP contribution in [0.15, 0.2) is 48.0 Å². The van der Waals surface area contributed by atoms with E-state index in [4.69, 9.17) is 9.47 Å². The highest BCUT2D eigenvalue weighted by atomic mass is 19.2. The number of hydrogen-bond acceptors (Lipinski definition) is 4. The number of hydrogen-bond donors (Lipinski definition) is 0. The van der Waals surface area contributed by atoms with Gasteiger partial charge < -0.3 is 9.47 Å². The van der Waals surface area contributed by atoms with Crippen molar-refractivity contribution < 1.29 is 27.8 Å². The first-order valence-corrected chi connectivity index (χ1v) is 7.12. The predicted molar refractivity (Wildman–Crippen MR) is 81.6 cm³/mol. The minimum absolute atomic E-state index is 0.0369. The second kappa shape index (κ2) is 6.62. The number of benzene rings is 2. The van der Waals surface area contributed by atoms with E-state index in [1.807, 2.05) is 6.07 Å². The van der Waals surface area contributed by atoms with Crippen molar-refractivity contribution >= 4 is 17.8 Å². The number of ketones is 1. The SMILES string of the molecule is O=C(OCC(=O)c1ccc(F)c(F)c1)C1=Cc2ccccc2OC1. The first kappa shape index (κ1) is 15.9. The van der Waals surface area contributed by atoms with Crippen molar-refractivity contribution in [3.63, 3.8) is 0 Å². The fourth-order valence-corrected chi connectivity index (χ4v) is 2.21. The number of esters is 1. The highest BCUT2D eigenvalue weighted by Crippen LogP contribution is 2.26. The van der Waals surface area contributed by atoms with Crippen molar-refractivity contribution in [3.8, 4) is 5.75 Å². The molecule has 2 aromatic carbocycles. The molecule has 0 spiro atoms. The van der Waals surface area contributed by atoms with Crippen LogP contribution in [0.5, 0.6) is 5.75 Å². The van der Waals surface area contributed by atoms with Gasteiger partial charge in [0, 0.05) is 11.1 Å². The van der Waals surface area contributed by atoms with E-state index in [2.05, 4.69) is 0 Å². The van der Waals surface area contributed by atoms with E-state index >= 15 is 0 Å². The number of fused-ring (bicyclic) bond motifs is 1. The van der Waals surface area contributed by atoms with E-state index < -0.39 is 30.0 Å². The molecule has 0 N–H and O–H groups in total. The molecule has 0 aliphatic carbocycles. The Morgan fingerprint density at radius 2 is 1.88 bits per heavy atom. The van der Waals surface area contributed by atoms with Gasteiger partial charge in [0.05, 0.1) is 5.57 Å². The van der Waals surface area contributed by atoms with Crippen molar-refractivity contribution in [3.05, 3.63) is 70.8 Å². The standard InChI is InChI=1S/C18H12F2O4/c19-14-6-5-11(8-15(14)20)16(21)10-24-18(22)13-7-12-3-1-2-4-17(12)23-9-13/h1-8H,9-10H2. The molecule has 4 nitrogen and oxygen atoms in total. The van der Waals surface area contributed by atoms with Crippen LogP contribution in [0.4, 0.5) is 8.78 Å². The summed E-state index contributed by atoms with van der Waals surface area (Å²) in [6.07, 6.45) is 1.63. The summed E-state index contributed by atoms with van der Waals surface area (Å²) in [5.74, 6) is -2.84. The molecule has 0 unspecified atom stereocenters. The lowest BCUT2D eigenvalue weighted by atomic mass is 10.1. The molecule has 0 saturated carbocycles. The first-order valence-electron chi connectivity index (χ1n) is 7.12. The summed E-state index contributed by atoms with van der Waals surface area (Å²) in [5, 5.41) is 0. The van der Waals surface area contributed by atoms with Gasteiger partial charge in [-0.15, -0.1) is 0 Å². The van der Waals surface area contributed by atoms with Crippen LogP contribution in [0.25, 0.3) is 6.08 Å². The molecule has 122 valence electrons. The normalized spacial score (nSPS) is 12.7. The number of Topliss-reactive ketones (excluding diaryl/α,β-unsaturated/α-hetero) is 1. The minimum atomic E-state index is -1.13. The summed E-state index contributed by atoms with van der Waals surface area (Å²) in [6.45, 7) is -0.530. The molecule has 0 aromatic heterocycles. The third kappa shape index (κ3) is 3.32. The zero-order chi connectivity index (χ0) is 17.1. The highest BCUT2D eigenvalue weighted by molar-refractivity contribution is 6.00. The lowest BCUT2D eigenvalue weighted by Gasteiger charge is -2.16. The Kier molecular flexibility index (Phi) is 4.37. The molecule has 6 heteroatoms. The van der Waals surface area contributed by atoms with Gasteiger partial charge in [-0.2, -0.15) is 0 Å². The van der Waals surface area contributed by atoms with Crippen LogP contribution in [-0.2, 0) is 9.53 Å². The molecule has 0 bridgehead atoms. The molecule has 2 aromatic rings. The van der Waals surface area contributed by atoms with Gasteiger partial charge in [0.15, 0.2) is 24.0 Å². The molecule has 1 aliphatic heterocycles. The molecular formula is C18H12F2O4. The molecule has 0 amide bonds. The summed E-state index contributed by atoms with van der Waals surface area (Å²) in [6, 6.07) is 9.93. The number of carbonyl (C=O) groups excluding carboxylic acids is 2. The molecule has 1 heterocycles. The van der Waals surface area contributed by atoms with E-state index in [9.17, 15) is 18.4 Å². The molecule has 0 fully saturated rings. The molecule has 0 saturated heterocycles. The van der Waals surface area contributed by atoms with Crippen LogP contribution >= 0.6 is 0 Å². The number of ether oxygens (including phenoxy) is 2. The van der Waals surface area contributed by atoms with Gasteiger partial charge in [-0.3, -0.25) is 4.79 Å². The average Bonchev–Trinajstić information content (AvgIpc) is 2.61. The lowest BCUT2D eigenvalue weighted by Crippen LogP contribution is -2.20. The number of halogens is 2. The molecular weight excluding hydrogens is 318 g/mol. The topological polar surface area (TPSA) is 52.6 Å². The zero-order valence-electron chi connectivity index (χ0n) is 12.4. The quantitative estimate of drug-likeness (QED) is 0.638. The summed E-state index contributed by atoms with van der Waals surface area (Å²) < 4.78 is 36.3. The second-order valence-corrected chi connectivity index (χ2v) is 5.12. The Morgan fingerprint density at radius 3 is 2.67 bits per heavy atom. The Hall–Kier alpha value is -3.02. The second-order valence-electron chi connectivity index (χ2n) is 5.12. The van der Waals surface area contributed by atoms with Gasteiger partial charge in [-0.05, 0) is 30.3 Å². The summed E-state index contributed by atoms with van der Waals surface area (Å²) in [7, 11) is 0. The van der Waals surface area contributed by atoms with Crippen LogP contribution in [0.1, 0.15) is 15.9 Å². The highest BCUT2D eigenvalue weighted by Gasteiger charge is 2.19. The minimum Gasteiger partial charge on any atom is -0.488 e. The number of para-hydroxylation sites is 1. The first-order chi connectivity index (χ1) is 11.5. The number of rotatable bonds is 4. The van der Waals surface area contributed by atoms with Crippen molar-refractivity contribution in [2.75, 3.05) is 13.2 Å². The van der Waals surface area contributed by atoms with Gasteiger partial charge in [0.25, 0.3) is 0 Å². The van der Waals surface area contributed by atoms with Crippen molar-refractivity contribution in [1.82, 2.24) is 0 Å². The Balaban J connectivity index is 1.64. The fraction of sp³-hybridized carbons (Fsp3) is 0.111. The molecule has 24 heavy (non-hydrogen) atoms. The third-order valence-corrected chi connectivity index (χ3v) is 3.47. The summed E-state index contributed by atoms with van der Waals surface area (Å²) in [4.78, 5) is 23.9. The van der Waals surface area contributed by atoms with Crippen LogP contribution in [-0.4, -0.2) is 25.0 Å². The van der Waals surface area contributed by atoms with Crippen LogP contribution in [0, 0.1) is 11.6 Å². The Bertz CT molecular complexity index is 843. The van der Waals surface area contributed by atoms with Crippen molar-refractivity contribution in [2.24, 2.45) is 0 Å². The maximum Gasteiger partial charge on any atom is 0.337 e. The maximum atomic E-state index is 13.1. The number of carbonyl (C=O) groups is 2. The van der Waals surface area contributed by atoms with E-state index in [-0.39, 0.29) is 17.7 Å². The van der Waals surface area contributed by atoms with E-state index in [0.29, 0.717) is 5.75 Å². The summed E-state index contributed by atoms with van der Waals surface area (Å²) >= 11 is 0. The Morgan fingerprint density at radius 1 is 1.08 bits per heavy atom. The summed E-state index contributed by atoms with van der Waals surface area (Å²) in [5.41, 5.74) is 0.940. The van der Waals surface area contributed by atoms with Gasteiger partial charge >= 0.3 is 5.97 Å².